The zero-order valence-electron chi connectivity index (χ0n) is 15.1. The van der Waals surface area contributed by atoms with Gasteiger partial charge in [0, 0.05) is 18.2 Å². The van der Waals surface area contributed by atoms with E-state index in [-0.39, 0.29) is 18.6 Å². The Morgan fingerprint density at radius 2 is 1.96 bits per heavy atom. The topological polar surface area (TPSA) is 110 Å². The van der Waals surface area contributed by atoms with Gasteiger partial charge in [-0.2, -0.15) is 4.99 Å². The van der Waals surface area contributed by atoms with E-state index in [0.717, 1.165) is 6.21 Å². The summed E-state index contributed by atoms with van der Waals surface area (Å²) in [4.78, 5) is 15.5. The highest BCUT2D eigenvalue weighted by Gasteiger charge is 2.58. The van der Waals surface area contributed by atoms with Crippen molar-refractivity contribution >= 4 is 12.3 Å². The highest BCUT2D eigenvalue weighted by Crippen LogP contribution is 2.40. The molecule has 1 amide bonds. The lowest BCUT2D eigenvalue weighted by atomic mass is 9.93. The molecule has 2 aliphatic rings. The second-order valence-electron chi connectivity index (χ2n) is 8.10. The van der Waals surface area contributed by atoms with Crippen molar-refractivity contribution in [2.75, 3.05) is 6.61 Å². The summed E-state index contributed by atoms with van der Waals surface area (Å²) < 4.78 is 16.0. The van der Waals surface area contributed by atoms with Crippen LogP contribution in [0.25, 0.3) is 0 Å². The van der Waals surface area contributed by atoms with Gasteiger partial charge in [0.2, 0.25) is 5.79 Å². The van der Waals surface area contributed by atoms with Crippen LogP contribution in [0.4, 0.5) is 4.79 Å². The normalized spacial score (nSPS) is 35.2. The maximum absolute atomic E-state index is 12.0. The lowest BCUT2D eigenvalue weighted by Gasteiger charge is -2.34. The van der Waals surface area contributed by atoms with E-state index < -0.39 is 35.4 Å². The lowest BCUT2D eigenvalue weighted by Crippen LogP contribution is -2.55. The fourth-order valence-electron chi connectivity index (χ4n) is 3.26. The predicted molar refractivity (Wildman–Crippen MR) is 86.7 cm³/mol. The monoisotopic (exact) mass is 344 g/mol. The average molecular weight is 344 g/mol. The van der Waals surface area contributed by atoms with E-state index >= 15 is 0 Å². The van der Waals surface area contributed by atoms with Gasteiger partial charge in [-0.3, -0.25) is 0 Å². The van der Waals surface area contributed by atoms with Crippen LogP contribution in [0.5, 0.6) is 0 Å². The van der Waals surface area contributed by atoms with Crippen molar-refractivity contribution in [3.8, 4) is 0 Å². The average Bonchev–Trinajstić information content (AvgIpc) is 2.80. The van der Waals surface area contributed by atoms with Gasteiger partial charge in [-0.25, -0.2) is 4.79 Å². The molecule has 3 unspecified atom stereocenters. The van der Waals surface area contributed by atoms with Gasteiger partial charge in [-0.1, -0.05) is 0 Å². The maximum Gasteiger partial charge on any atom is 0.435 e. The van der Waals surface area contributed by atoms with Crippen LogP contribution in [0.1, 0.15) is 48.0 Å². The Morgan fingerprint density at radius 1 is 1.33 bits per heavy atom. The quantitative estimate of drug-likeness (QED) is 0.516. The summed E-state index contributed by atoms with van der Waals surface area (Å²) in [5, 5.41) is 23.9. The minimum atomic E-state index is -1.69. The number of carbonyl (C=O) groups excluding carboxylic acids is 1. The van der Waals surface area contributed by atoms with Crippen molar-refractivity contribution < 1.29 is 29.2 Å². The first-order valence-electron chi connectivity index (χ1n) is 8.04. The first kappa shape index (κ1) is 19.3. The highest BCUT2D eigenvalue weighted by molar-refractivity contribution is 5.81. The van der Waals surface area contributed by atoms with E-state index in [1.165, 1.54) is 0 Å². The number of hydrogen-bond acceptors (Lipinski definition) is 7. The summed E-state index contributed by atoms with van der Waals surface area (Å²) in [7, 11) is 0. The summed E-state index contributed by atoms with van der Waals surface area (Å²) in [5.41, 5.74) is -1.21. The van der Waals surface area contributed by atoms with Gasteiger partial charge in [0.1, 0.15) is 12.2 Å². The molecule has 0 radical (unpaired) electrons. The van der Waals surface area contributed by atoms with Crippen LogP contribution in [0, 0.1) is 0 Å². The molecule has 3 N–H and O–H groups in total. The van der Waals surface area contributed by atoms with E-state index in [9.17, 15) is 15.0 Å². The van der Waals surface area contributed by atoms with Crippen molar-refractivity contribution in [1.29, 1.82) is 0 Å². The molecule has 0 saturated carbocycles. The maximum atomic E-state index is 12.0. The van der Waals surface area contributed by atoms with Crippen LogP contribution in [0.15, 0.2) is 4.99 Å². The number of nitrogens with zero attached hydrogens (tertiary/aromatic N) is 1. The molecule has 8 nitrogen and oxygen atoms in total. The zero-order chi connectivity index (χ0) is 18.4. The summed E-state index contributed by atoms with van der Waals surface area (Å²) in [6, 6.07) is 0. The molecule has 0 bridgehead atoms. The SMILES string of the molecule is CC1(C)CC(O)(OC(=O)N=CC(O)C2COC(C)(C)O2)C(C)(C)N1. The van der Waals surface area contributed by atoms with Crippen molar-refractivity contribution in [3.63, 3.8) is 0 Å². The fourth-order valence-corrected chi connectivity index (χ4v) is 3.26. The van der Waals surface area contributed by atoms with Gasteiger partial charge in [0.15, 0.2) is 5.79 Å². The molecule has 2 fully saturated rings. The zero-order valence-corrected chi connectivity index (χ0v) is 15.1. The molecule has 3 atom stereocenters. The summed E-state index contributed by atoms with van der Waals surface area (Å²) in [6.07, 6.45) is -1.42. The molecule has 0 aromatic heterocycles. The van der Waals surface area contributed by atoms with Crippen LogP contribution in [-0.4, -0.2) is 64.0 Å². The minimum absolute atomic E-state index is 0.199. The molecule has 0 aliphatic carbocycles. The first-order chi connectivity index (χ1) is 10.8. The molecule has 8 heteroatoms. The van der Waals surface area contributed by atoms with Crippen molar-refractivity contribution in [1.82, 2.24) is 5.32 Å². The smallest absolute Gasteiger partial charge is 0.413 e. The van der Waals surface area contributed by atoms with E-state index in [2.05, 4.69) is 10.3 Å². The molecule has 2 heterocycles. The van der Waals surface area contributed by atoms with Crippen LogP contribution in [-0.2, 0) is 14.2 Å². The second-order valence-corrected chi connectivity index (χ2v) is 8.10. The summed E-state index contributed by atoms with van der Waals surface area (Å²) >= 11 is 0. The third-order valence-electron chi connectivity index (χ3n) is 4.31. The Hall–Kier alpha value is -1.06. The van der Waals surface area contributed by atoms with Gasteiger partial charge in [-0.05, 0) is 41.5 Å². The molecule has 0 aromatic carbocycles. The molecular weight excluding hydrogens is 316 g/mol. The molecule has 24 heavy (non-hydrogen) atoms. The number of amides is 1. The lowest BCUT2D eigenvalue weighted by molar-refractivity contribution is -0.188. The number of aliphatic imine (C=N–C) groups is 1. The fraction of sp³-hybridized carbons (Fsp3) is 0.875. The van der Waals surface area contributed by atoms with Gasteiger partial charge in [0.25, 0.3) is 0 Å². The number of aliphatic hydroxyl groups is 2. The molecule has 138 valence electrons. The van der Waals surface area contributed by atoms with Crippen molar-refractivity contribution in [2.45, 2.75) is 82.8 Å². The summed E-state index contributed by atoms with van der Waals surface area (Å²) in [6.45, 7) is 11.0. The standard InChI is InChI=1S/C16H28N2O6/c1-13(2)9-16(21,14(3,4)18-13)24-12(20)17-7-10(19)11-8-22-15(5,6)23-11/h7,10-11,18-19,21H,8-9H2,1-6H3. The van der Waals surface area contributed by atoms with E-state index in [0.29, 0.717) is 0 Å². The van der Waals surface area contributed by atoms with Crippen molar-refractivity contribution in [2.24, 2.45) is 4.99 Å². The van der Waals surface area contributed by atoms with Crippen molar-refractivity contribution in [3.05, 3.63) is 0 Å². The predicted octanol–water partition coefficient (Wildman–Crippen LogP) is 0.945. The Kier molecular flexibility index (Phi) is 4.84. The van der Waals surface area contributed by atoms with Gasteiger partial charge in [-0.15, -0.1) is 0 Å². The first-order valence-corrected chi connectivity index (χ1v) is 8.04. The molecular formula is C16H28N2O6. The van der Waals surface area contributed by atoms with Gasteiger partial charge >= 0.3 is 6.09 Å². The molecule has 2 saturated heterocycles. The minimum Gasteiger partial charge on any atom is -0.413 e. The number of aliphatic hydroxyl groups excluding tert-OH is 1. The van der Waals surface area contributed by atoms with E-state index in [1.54, 1.807) is 27.7 Å². The molecule has 2 rings (SSSR count). The highest BCUT2D eigenvalue weighted by atomic mass is 16.7. The molecule has 2 aliphatic heterocycles. The van der Waals surface area contributed by atoms with E-state index in [1.807, 2.05) is 13.8 Å². The second kappa shape index (κ2) is 6.03. The van der Waals surface area contributed by atoms with E-state index in [4.69, 9.17) is 14.2 Å². The number of hydrogen-bond donors (Lipinski definition) is 3. The number of carbonyl (C=O) groups is 1. The Labute approximate surface area is 142 Å². The van der Waals surface area contributed by atoms with Gasteiger partial charge < -0.3 is 29.7 Å². The largest absolute Gasteiger partial charge is 0.435 e. The number of ether oxygens (including phenoxy) is 3. The third-order valence-corrected chi connectivity index (χ3v) is 4.31. The summed E-state index contributed by atoms with van der Waals surface area (Å²) in [5.74, 6) is -2.47. The van der Waals surface area contributed by atoms with Crippen LogP contribution in [0.3, 0.4) is 0 Å². The van der Waals surface area contributed by atoms with Gasteiger partial charge in [0.05, 0.1) is 12.1 Å². The molecule has 0 aromatic rings. The number of nitrogens with one attached hydrogen (secondary N) is 1. The third kappa shape index (κ3) is 4.12. The van der Waals surface area contributed by atoms with Crippen LogP contribution in [0.2, 0.25) is 0 Å². The number of rotatable bonds is 3. The Bertz CT molecular complexity index is 531. The molecule has 0 spiro atoms. The van der Waals surface area contributed by atoms with Crippen LogP contribution < -0.4 is 5.32 Å². The van der Waals surface area contributed by atoms with Crippen LogP contribution >= 0.6 is 0 Å². The Balaban J connectivity index is 1.96. The Morgan fingerprint density at radius 3 is 2.42 bits per heavy atom.